The fourth-order valence-corrected chi connectivity index (χ4v) is 1.45. The monoisotopic (exact) mass is 193 g/mol. The lowest BCUT2D eigenvalue weighted by Gasteiger charge is -2.12. The van der Waals surface area contributed by atoms with Crippen LogP contribution in [0.3, 0.4) is 0 Å². The van der Waals surface area contributed by atoms with Crippen LogP contribution in [0.4, 0.5) is 0 Å². The Morgan fingerprint density at radius 3 is 2.93 bits per heavy atom. The highest BCUT2D eigenvalue weighted by Crippen LogP contribution is 2.20. The number of nitrogens with one attached hydrogen (secondary N) is 2. The van der Waals surface area contributed by atoms with E-state index in [-0.39, 0.29) is 0 Å². The molecule has 0 unspecified atom stereocenters. The van der Waals surface area contributed by atoms with E-state index in [0.717, 1.165) is 25.0 Å². The van der Waals surface area contributed by atoms with Crippen LogP contribution >= 0.6 is 0 Å². The molecular weight excluding hydrogens is 178 g/mol. The van der Waals surface area contributed by atoms with Crippen LogP contribution in [0.5, 0.6) is 0 Å². The molecule has 0 atom stereocenters. The predicted molar refractivity (Wildman–Crippen MR) is 53.2 cm³/mol. The van der Waals surface area contributed by atoms with Gasteiger partial charge in [-0.15, -0.1) is 5.06 Å². The molecule has 14 heavy (non-hydrogen) atoms. The lowest BCUT2D eigenvalue weighted by Crippen LogP contribution is -2.30. The van der Waals surface area contributed by atoms with Crippen molar-refractivity contribution in [1.82, 2.24) is 15.7 Å². The van der Waals surface area contributed by atoms with Crippen molar-refractivity contribution in [2.75, 3.05) is 6.54 Å². The molecule has 2 radical (unpaired) electrons. The van der Waals surface area contributed by atoms with Gasteiger partial charge >= 0.3 is 0 Å². The van der Waals surface area contributed by atoms with E-state index in [2.05, 4.69) is 17.2 Å². The van der Waals surface area contributed by atoms with Crippen molar-refractivity contribution in [3.05, 3.63) is 30.8 Å². The fourth-order valence-electron chi connectivity index (χ4n) is 1.45. The number of hydroxylamine groups is 2. The zero-order valence-electron chi connectivity index (χ0n) is 8.29. The highest BCUT2D eigenvalue weighted by molar-refractivity contribution is 5.13. The second kappa shape index (κ2) is 4.37. The van der Waals surface area contributed by atoms with Gasteiger partial charge in [0.25, 0.3) is 0 Å². The molecule has 0 saturated carbocycles. The summed E-state index contributed by atoms with van der Waals surface area (Å²) in [4.78, 5) is 5.23. The first-order valence-corrected chi connectivity index (χ1v) is 4.95. The number of hydrogen-bond acceptors (Lipinski definition) is 4. The summed E-state index contributed by atoms with van der Waals surface area (Å²) in [6, 6.07) is 0. The first-order valence-electron chi connectivity index (χ1n) is 4.95. The number of hydrogen-bond donors (Lipinski definition) is 2. The summed E-state index contributed by atoms with van der Waals surface area (Å²) in [5.41, 5.74) is 1.13. The third kappa shape index (κ3) is 2.20. The minimum absolute atomic E-state index is 0.355. The maximum atomic E-state index is 5.23. The Labute approximate surface area is 84.6 Å². The summed E-state index contributed by atoms with van der Waals surface area (Å²) in [5.74, 6) is 0. The lowest BCUT2D eigenvalue weighted by atomic mass is 10.1. The van der Waals surface area contributed by atoms with Crippen LogP contribution in [0, 0.1) is 6.54 Å². The number of likely N-dealkylation sites (N-methyl/N-ethyl adjacent to an activating group) is 1. The Kier molecular flexibility index (Phi) is 2.93. The van der Waals surface area contributed by atoms with E-state index < -0.39 is 0 Å². The molecule has 2 aliphatic rings. The van der Waals surface area contributed by atoms with Crippen molar-refractivity contribution in [1.29, 1.82) is 0 Å². The smallest absolute Gasteiger partial charge is 0.137 e. The Hall–Kier alpha value is -1.16. The van der Waals surface area contributed by atoms with E-state index in [4.69, 9.17) is 4.84 Å². The molecule has 4 nitrogen and oxygen atoms in total. The van der Waals surface area contributed by atoms with E-state index in [1.165, 1.54) is 0 Å². The van der Waals surface area contributed by atoms with Gasteiger partial charge in [0.05, 0.1) is 6.17 Å². The summed E-state index contributed by atoms with van der Waals surface area (Å²) < 4.78 is 0. The Bertz CT molecular complexity index is 242. The second-order valence-corrected chi connectivity index (χ2v) is 3.31. The van der Waals surface area contributed by atoms with Gasteiger partial charge in [0.15, 0.2) is 0 Å². The molecule has 76 valence electrons. The molecule has 0 amide bonds. The SMILES string of the molecule is CCN1[C]C(CCC2NC=CN2)=CO1. The van der Waals surface area contributed by atoms with E-state index in [0.29, 0.717) is 6.17 Å². The van der Waals surface area contributed by atoms with Crippen molar-refractivity contribution in [3.8, 4) is 0 Å². The molecule has 0 spiro atoms. The van der Waals surface area contributed by atoms with Gasteiger partial charge in [-0.1, -0.05) is 0 Å². The van der Waals surface area contributed by atoms with Gasteiger partial charge in [0, 0.05) is 18.9 Å². The van der Waals surface area contributed by atoms with Crippen LogP contribution in [0.2, 0.25) is 0 Å². The van der Waals surface area contributed by atoms with E-state index in [9.17, 15) is 0 Å². The molecule has 2 N–H and O–H groups in total. The molecule has 0 aromatic rings. The molecule has 4 heteroatoms. The van der Waals surface area contributed by atoms with Gasteiger partial charge in [-0.25, -0.2) is 0 Å². The number of rotatable bonds is 4. The molecule has 0 fully saturated rings. The molecule has 0 aromatic carbocycles. The normalized spacial score (nSPS) is 21.6. The molecule has 2 rings (SSSR count). The van der Waals surface area contributed by atoms with Gasteiger partial charge in [-0.2, -0.15) is 0 Å². The minimum atomic E-state index is 0.355. The van der Waals surface area contributed by atoms with Crippen LogP contribution in [-0.2, 0) is 4.84 Å². The van der Waals surface area contributed by atoms with Crippen LogP contribution < -0.4 is 10.6 Å². The molecule has 0 aromatic heterocycles. The Balaban J connectivity index is 1.66. The Morgan fingerprint density at radius 2 is 2.29 bits per heavy atom. The molecule has 2 heterocycles. The highest BCUT2D eigenvalue weighted by atomic mass is 16.7. The zero-order valence-corrected chi connectivity index (χ0v) is 8.29. The summed E-state index contributed by atoms with van der Waals surface area (Å²) in [6.07, 6.45) is 7.99. The average molecular weight is 193 g/mol. The summed E-state index contributed by atoms with van der Waals surface area (Å²) in [7, 11) is 0. The number of nitrogens with zero attached hydrogens (tertiary/aromatic N) is 1. The lowest BCUT2D eigenvalue weighted by molar-refractivity contribution is -0.0499. The van der Waals surface area contributed by atoms with Gasteiger partial charge in [0.2, 0.25) is 0 Å². The molecule has 2 aliphatic heterocycles. The van der Waals surface area contributed by atoms with Crippen molar-refractivity contribution in [2.24, 2.45) is 0 Å². The van der Waals surface area contributed by atoms with Crippen molar-refractivity contribution >= 4 is 0 Å². The quantitative estimate of drug-likeness (QED) is 0.697. The van der Waals surface area contributed by atoms with Gasteiger partial charge in [-0.05, 0) is 25.3 Å². The first kappa shape index (κ1) is 9.40. The van der Waals surface area contributed by atoms with Crippen LogP contribution in [0.25, 0.3) is 0 Å². The van der Waals surface area contributed by atoms with Gasteiger partial charge in [-0.3, -0.25) is 0 Å². The van der Waals surface area contributed by atoms with Crippen LogP contribution in [0.15, 0.2) is 24.2 Å². The van der Waals surface area contributed by atoms with E-state index >= 15 is 0 Å². The maximum Gasteiger partial charge on any atom is 0.137 e. The van der Waals surface area contributed by atoms with Gasteiger partial charge in [0.1, 0.15) is 12.8 Å². The van der Waals surface area contributed by atoms with Crippen LogP contribution in [-0.4, -0.2) is 17.8 Å². The van der Waals surface area contributed by atoms with Gasteiger partial charge < -0.3 is 15.5 Å². The van der Waals surface area contributed by atoms with Crippen molar-refractivity contribution in [2.45, 2.75) is 25.9 Å². The fraction of sp³-hybridized carbons (Fsp3) is 0.500. The molecular formula is C10H15N3O. The molecule has 0 bridgehead atoms. The first-order chi connectivity index (χ1) is 6.88. The maximum absolute atomic E-state index is 5.23. The van der Waals surface area contributed by atoms with Crippen molar-refractivity contribution < 1.29 is 4.84 Å². The molecule has 0 aliphatic carbocycles. The summed E-state index contributed by atoms with van der Waals surface area (Å²) in [5, 5.41) is 8.12. The predicted octanol–water partition coefficient (Wildman–Crippen LogP) is 0.946. The molecule has 0 saturated heterocycles. The van der Waals surface area contributed by atoms with Crippen LogP contribution in [0.1, 0.15) is 19.8 Å². The average Bonchev–Trinajstić information content (AvgIpc) is 2.86. The third-order valence-corrected chi connectivity index (χ3v) is 2.26. The highest BCUT2D eigenvalue weighted by Gasteiger charge is 2.17. The van der Waals surface area contributed by atoms with E-state index in [1.807, 2.05) is 19.3 Å². The third-order valence-electron chi connectivity index (χ3n) is 2.26. The van der Waals surface area contributed by atoms with Crippen molar-refractivity contribution in [3.63, 3.8) is 0 Å². The zero-order chi connectivity index (χ0) is 9.80. The standard InChI is InChI=1S/C10H15N3O/c1-2-13-7-9(8-14-13)3-4-10-11-5-6-12-10/h5-6,8,10-12H,2-4H2,1H3. The summed E-state index contributed by atoms with van der Waals surface area (Å²) >= 11 is 0. The minimum Gasteiger partial charge on any atom is -0.413 e. The Morgan fingerprint density at radius 1 is 1.50 bits per heavy atom. The largest absolute Gasteiger partial charge is 0.413 e. The topological polar surface area (TPSA) is 36.5 Å². The summed E-state index contributed by atoms with van der Waals surface area (Å²) in [6.45, 7) is 6.03. The second-order valence-electron chi connectivity index (χ2n) is 3.31. The van der Waals surface area contributed by atoms with E-state index in [1.54, 1.807) is 11.3 Å².